The Labute approximate surface area is 183 Å². The van der Waals surface area contributed by atoms with E-state index < -0.39 is 0 Å². The molecule has 7 nitrogen and oxygen atoms in total. The fourth-order valence-electron chi connectivity index (χ4n) is 5.79. The maximum Gasteiger partial charge on any atom is 0.239 e. The summed E-state index contributed by atoms with van der Waals surface area (Å²) >= 11 is 0. The minimum absolute atomic E-state index is 0.0222. The third kappa shape index (κ3) is 4.20. The van der Waals surface area contributed by atoms with Gasteiger partial charge >= 0.3 is 0 Å². The first-order valence-electron chi connectivity index (χ1n) is 11.6. The van der Waals surface area contributed by atoms with Gasteiger partial charge in [0.2, 0.25) is 17.7 Å². The highest BCUT2D eigenvalue weighted by Gasteiger charge is 2.44. The molecule has 1 aromatic carbocycles. The van der Waals surface area contributed by atoms with Crippen LogP contribution in [0.2, 0.25) is 0 Å². The highest BCUT2D eigenvalue weighted by molar-refractivity contribution is 5.87. The average Bonchev–Trinajstić information content (AvgIpc) is 3.12. The number of ether oxygens (including phenoxy) is 1. The molecule has 0 bridgehead atoms. The normalized spacial score (nSPS) is 29.0. The number of benzene rings is 1. The molecule has 5 rings (SSSR count). The molecule has 31 heavy (non-hydrogen) atoms. The van der Waals surface area contributed by atoms with Gasteiger partial charge in [0.25, 0.3) is 0 Å². The third-order valence-corrected chi connectivity index (χ3v) is 7.50. The van der Waals surface area contributed by atoms with Gasteiger partial charge in [0, 0.05) is 50.7 Å². The number of nitrogens with zero attached hydrogens (tertiary/aromatic N) is 2. The first kappa shape index (κ1) is 20.5. The van der Waals surface area contributed by atoms with Crippen LogP contribution >= 0.6 is 0 Å². The summed E-state index contributed by atoms with van der Waals surface area (Å²) < 4.78 is 5.38. The topological polar surface area (TPSA) is 79.0 Å². The Bertz CT molecular complexity index is 866. The van der Waals surface area contributed by atoms with Crippen molar-refractivity contribution in [3.8, 4) is 0 Å². The van der Waals surface area contributed by atoms with Crippen LogP contribution in [0.1, 0.15) is 36.8 Å². The monoisotopic (exact) mass is 425 g/mol. The van der Waals surface area contributed by atoms with Crippen LogP contribution in [0.3, 0.4) is 0 Å². The Morgan fingerprint density at radius 3 is 2.48 bits per heavy atom. The van der Waals surface area contributed by atoms with Crippen LogP contribution in [0.4, 0.5) is 0 Å². The van der Waals surface area contributed by atoms with Gasteiger partial charge in [-0.3, -0.25) is 14.4 Å². The SMILES string of the molecule is O=C1CN(C(=O)C2CCOCC2)C[C@H]2C[C@H](C(=O)N3CCc4ccccc4C3)C[C@H]2N1. The number of amides is 3. The summed E-state index contributed by atoms with van der Waals surface area (Å²) in [4.78, 5) is 42.6. The Morgan fingerprint density at radius 1 is 0.935 bits per heavy atom. The minimum atomic E-state index is -0.104. The molecule has 166 valence electrons. The van der Waals surface area contributed by atoms with Crippen LogP contribution in [0.25, 0.3) is 0 Å². The number of carbonyl (C=O) groups excluding carboxylic acids is 3. The van der Waals surface area contributed by atoms with Crippen LogP contribution in [-0.4, -0.2) is 66.4 Å². The first-order valence-corrected chi connectivity index (χ1v) is 11.6. The summed E-state index contributed by atoms with van der Waals surface area (Å²) in [6.45, 7) is 3.33. The van der Waals surface area contributed by atoms with Crippen molar-refractivity contribution in [3.05, 3.63) is 35.4 Å². The molecule has 1 saturated carbocycles. The minimum Gasteiger partial charge on any atom is -0.381 e. The van der Waals surface area contributed by atoms with Crippen LogP contribution in [0.5, 0.6) is 0 Å². The second kappa shape index (κ2) is 8.61. The van der Waals surface area contributed by atoms with Gasteiger partial charge in [0.15, 0.2) is 0 Å². The second-order valence-electron chi connectivity index (χ2n) is 9.49. The fraction of sp³-hybridized carbons (Fsp3) is 0.625. The zero-order chi connectivity index (χ0) is 21.4. The van der Waals surface area contributed by atoms with E-state index in [4.69, 9.17) is 4.74 Å². The van der Waals surface area contributed by atoms with E-state index in [0.717, 1.165) is 32.2 Å². The van der Waals surface area contributed by atoms with Crippen molar-refractivity contribution in [3.63, 3.8) is 0 Å². The molecular formula is C24H31N3O4. The zero-order valence-electron chi connectivity index (χ0n) is 17.9. The molecule has 1 aromatic rings. The number of hydrogen-bond donors (Lipinski definition) is 1. The maximum absolute atomic E-state index is 13.3. The van der Waals surface area contributed by atoms with E-state index in [1.807, 2.05) is 11.0 Å². The predicted octanol–water partition coefficient (Wildman–Crippen LogP) is 1.35. The quantitative estimate of drug-likeness (QED) is 0.776. The zero-order valence-corrected chi connectivity index (χ0v) is 17.9. The van der Waals surface area contributed by atoms with Gasteiger partial charge in [-0.15, -0.1) is 0 Å². The molecule has 3 fully saturated rings. The van der Waals surface area contributed by atoms with Crippen molar-refractivity contribution < 1.29 is 19.1 Å². The van der Waals surface area contributed by atoms with Gasteiger partial charge < -0.3 is 19.9 Å². The number of rotatable bonds is 2. The largest absolute Gasteiger partial charge is 0.381 e. The standard InChI is InChI=1S/C24H31N3O4/c28-22-15-27(23(29)17-6-9-31-10-7-17)14-20-11-19(12-21(20)25-22)24(30)26-8-5-16-3-1-2-4-18(16)13-26/h1-4,17,19-21H,5-15H2,(H,25,28)/t19-,20+,21+/m0/s1. The molecule has 3 atom stereocenters. The molecule has 2 saturated heterocycles. The lowest BCUT2D eigenvalue weighted by Crippen LogP contribution is -2.43. The van der Waals surface area contributed by atoms with Crippen LogP contribution in [0.15, 0.2) is 24.3 Å². The summed E-state index contributed by atoms with van der Waals surface area (Å²) in [5, 5.41) is 3.10. The highest BCUT2D eigenvalue weighted by atomic mass is 16.5. The summed E-state index contributed by atoms with van der Waals surface area (Å²) in [6.07, 6.45) is 3.75. The van der Waals surface area contributed by atoms with Crippen molar-refractivity contribution in [1.29, 1.82) is 0 Å². The lowest BCUT2D eigenvalue weighted by atomic mass is 9.96. The Morgan fingerprint density at radius 2 is 1.68 bits per heavy atom. The van der Waals surface area contributed by atoms with Gasteiger partial charge in [0.05, 0.1) is 6.54 Å². The summed E-state index contributed by atoms with van der Waals surface area (Å²) in [7, 11) is 0. The molecule has 0 aromatic heterocycles. The molecule has 4 aliphatic rings. The molecule has 1 N–H and O–H groups in total. The number of carbonyl (C=O) groups is 3. The van der Waals surface area contributed by atoms with Crippen LogP contribution < -0.4 is 5.32 Å². The number of fused-ring (bicyclic) bond motifs is 2. The summed E-state index contributed by atoms with van der Waals surface area (Å²) in [5.41, 5.74) is 2.56. The van der Waals surface area contributed by atoms with Gasteiger partial charge in [-0.2, -0.15) is 0 Å². The van der Waals surface area contributed by atoms with Gasteiger partial charge in [0.1, 0.15) is 0 Å². The lowest BCUT2D eigenvalue weighted by Gasteiger charge is -2.31. The average molecular weight is 426 g/mol. The van der Waals surface area contributed by atoms with Crippen molar-refractivity contribution in [1.82, 2.24) is 15.1 Å². The first-order chi connectivity index (χ1) is 15.1. The van der Waals surface area contributed by atoms with Gasteiger partial charge in [-0.1, -0.05) is 24.3 Å². The van der Waals surface area contributed by atoms with Gasteiger partial charge in [-0.05, 0) is 49.1 Å². The lowest BCUT2D eigenvalue weighted by molar-refractivity contribution is -0.141. The molecule has 3 aliphatic heterocycles. The molecule has 0 radical (unpaired) electrons. The molecular weight excluding hydrogens is 394 g/mol. The van der Waals surface area contributed by atoms with Crippen molar-refractivity contribution in [2.24, 2.45) is 17.8 Å². The van der Waals surface area contributed by atoms with Crippen LogP contribution in [0, 0.1) is 17.8 Å². The fourth-order valence-corrected chi connectivity index (χ4v) is 5.79. The molecule has 3 heterocycles. The molecule has 1 aliphatic carbocycles. The van der Waals surface area contributed by atoms with Gasteiger partial charge in [-0.25, -0.2) is 0 Å². The highest BCUT2D eigenvalue weighted by Crippen LogP contribution is 2.36. The van der Waals surface area contributed by atoms with Crippen LogP contribution in [-0.2, 0) is 32.1 Å². The van der Waals surface area contributed by atoms with E-state index in [9.17, 15) is 14.4 Å². The molecule has 0 spiro atoms. The summed E-state index contributed by atoms with van der Waals surface area (Å²) in [5.74, 6) is 0.166. The molecule has 7 heteroatoms. The number of hydrogen-bond acceptors (Lipinski definition) is 4. The van der Waals surface area contributed by atoms with E-state index in [1.54, 1.807) is 4.90 Å². The van der Waals surface area contributed by atoms with Crippen molar-refractivity contribution in [2.45, 2.75) is 44.7 Å². The Kier molecular flexibility index (Phi) is 5.69. The smallest absolute Gasteiger partial charge is 0.239 e. The predicted molar refractivity (Wildman–Crippen MR) is 114 cm³/mol. The Balaban J connectivity index is 1.24. The van der Waals surface area contributed by atoms with E-state index >= 15 is 0 Å². The number of nitrogens with one attached hydrogen (secondary N) is 1. The third-order valence-electron chi connectivity index (χ3n) is 7.50. The van der Waals surface area contributed by atoms with E-state index in [1.165, 1.54) is 11.1 Å². The summed E-state index contributed by atoms with van der Waals surface area (Å²) in [6, 6.07) is 8.31. The van der Waals surface area contributed by atoms with Crippen molar-refractivity contribution in [2.75, 3.05) is 32.8 Å². The van der Waals surface area contributed by atoms with E-state index in [2.05, 4.69) is 23.5 Å². The Hall–Kier alpha value is -2.41. The second-order valence-corrected chi connectivity index (χ2v) is 9.49. The van der Waals surface area contributed by atoms with E-state index in [0.29, 0.717) is 32.7 Å². The molecule has 0 unspecified atom stereocenters. The molecule has 3 amide bonds. The van der Waals surface area contributed by atoms with E-state index in [-0.39, 0.29) is 48.1 Å². The maximum atomic E-state index is 13.3. The van der Waals surface area contributed by atoms with Crippen molar-refractivity contribution >= 4 is 17.7 Å².